The smallest absolute Gasteiger partial charge is 0.307 e. The Morgan fingerprint density at radius 2 is 2.08 bits per heavy atom. The first-order valence-electron chi connectivity index (χ1n) is 7.05. The fraction of sp³-hybridized carbons (Fsp3) is 0.176. The lowest BCUT2D eigenvalue weighted by atomic mass is 10.1. The number of carboxylic acid groups (broad SMARTS) is 1. The van der Waals surface area contributed by atoms with Crippen LogP contribution in [0.15, 0.2) is 35.1 Å². The number of carbonyl (C=O) groups is 2. The molecule has 7 heteroatoms. The normalized spacial score (nSPS) is 11.7. The highest BCUT2D eigenvalue weighted by Crippen LogP contribution is 2.34. The number of aromatic nitrogens is 1. The van der Waals surface area contributed by atoms with Crippen LogP contribution in [0.3, 0.4) is 0 Å². The first-order valence-corrected chi connectivity index (χ1v) is 7.93. The molecule has 0 saturated heterocycles. The van der Waals surface area contributed by atoms with Gasteiger partial charge in [0.05, 0.1) is 16.8 Å². The van der Waals surface area contributed by atoms with Gasteiger partial charge in [-0.05, 0) is 37.0 Å². The molecule has 1 aromatic carbocycles. The summed E-state index contributed by atoms with van der Waals surface area (Å²) < 4.78 is 15.7. The fourth-order valence-corrected chi connectivity index (χ4v) is 3.10. The van der Waals surface area contributed by atoms with Crippen LogP contribution >= 0.6 is 11.8 Å². The van der Waals surface area contributed by atoms with Crippen LogP contribution in [0, 0.1) is 12.7 Å². The molecule has 0 saturated carbocycles. The fourth-order valence-electron chi connectivity index (χ4n) is 2.60. The highest BCUT2D eigenvalue weighted by atomic mass is 32.2. The quantitative estimate of drug-likeness (QED) is 0.802. The molecular formula is C17H16FNO4S. The van der Waals surface area contributed by atoms with Crippen LogP contribution < -0.4 is 0 Å². The Balaban J connectivity index is 2.82. The summed E-state index contributed by atoms with van der Waals surface area (Å²) in [5, 5.41) is 20.1. The Hall–Kier alpha value is -2.54. The van der Waals surface area contributed by atoms with E-state index < -0.39 is 29.9 Å². The summed E-state index contributed by atoms with van der Waals surface area (Å²) in [6.07, 6.45) is 1.15. The summed E-state index contributed by atoms with van der Waals surface area (Å²) in [4.78, 5) is 24.3. The van der Waals surface area contributed by atoms with Gasteiger partial charge in [-0.3, -0.25) is 14.2 Å². The Morgan fingerprint density at radius 1 is 1.42 bits per heavy atom. The molecule has 0 aliphatic heterocycles. The summed E-state index contributed by atoms with van der Waals surface area (Å²) >= 11 is 1.12. The molecule has 0 unspecified atom stereocenters. The van der Waals surface area contributed by atoms with Gasteiger partial charge in [-0.2, -0.15) is 0 Å². The number of fused-ring (bicyclic) bond motifs is 1. The van der Waals surface area contributed by atoms with Gasteiger partial charge in [0.2, 0.25) is 0 Å². The number of halogens is 1. The monoisotopic (exact) mass is 349 g/mol. The van der Waals surface area contributed by atoms with Crippen LogP contribution in [0.5, 0.6) is 5.75 Å². The molecule has 0 bridgehead atoms. The molecule has 0 aliphatic carbocycles. The van der Waals surface area contributed by atoms with Crippen molar-refractivity contribution >= 4 is 34.5 Å². The van der Waals surface area contributed by atoms with E-state index in [1.54, 1.807) is 19.9 Å². The second-order valence-corrected chi connectivity index (χ2v) is 6.01. The van der Waals surface area contributed by atoms with Crippen molar-refractivity contribution in [3.05, 3.63) is 52.2 Å². The molecule has 0 radical (unpaired) electrons. The van der Waals surface area contributed by atoms with Crippen LogP contribution in [0.2, 0.25) is 0 Å². The number of carboxylic acids is 1. The topological polar surface area (TPSA) is 79.5 Å². The molecule has 126 valence electrons. The van der Waals surface area contributed by atoms with Crippen molar-refractivity contribution in [1.29, 1.82) is 0 Å². The van der Waals surface area contributed by atoms with Gasteiger partial charge in [0, 0.05) is 11.1 Å². The van der Waals surface area contributed by atoms with E-state index in [4.69, 9.17) is 5.11 Å². The van der Waals surface area contributed by atoms with Crippen molar-refractivity contribution in [1.82, 2.24) is 4.57 Å². The average Bonchev–Trinajstić information content (AvgIpc) is 2.80. The molecule has 0 spiro atoms. The number of allylic oxidation sites excluding steroid dienone is 2. The van der Waals surface area contributed by atoms with Gasteiger partial charge in [-0.15, -0.1) is 0 Å². The van der Waals surface area contributed by atoms with Crippen LogP contribution in [0.25, 0.3) is 10.9 Å². The van der Waals surface area contributed by atoms with E-state index in [-0.39, 0.29) is 16.5 Å². The van der Waals surface area contributed by atoms with Gasteiger partial charge in [0.25, 0.3) is 5.91 Å². The lowest BCUT2D eigenvalue weighted by molar-refractivity contribution is -0.136. The zero-order valence-corrected chi connectivity index (χ0v) is 14.0. The summed E-state index contributed by atoms with van der Waals surface area (Å²) in [6.45, 7) is 6.81. The van der Waals surface area contributed by atoms with Crippen molar-refractivity contribution in [2.24, 2.45) is 0 Å². The molecule has 2 aromatic rings. The number of carbonyl (C=O) groups excluding carboxylic acids is 1. The largest absolute Gasteiger partial charge is 0.505 e. The summed E-state index contributed by atoms with van der Waals surface area (Å²) in [7, 11) is 0. The highest BCUT2D eigenvalue weighted by molar-refractivity contribution is 8.06. The Labute approximate surface area is 142 Å². The van der Waals surface area contributed by atoms with E-state index in [2.05, 4.69) is 6.58 Å². The third kappa shape index (κ3) is 2.94. The molecule has 5 nitrogen and oxygen atoms in total. The standard InChI is InChI=1S/C17H16FNO4S/c1-4-13(24-5-2)17(23)19-9(3)10(8-14(21)22)15-11(19)6-7-12(20)16(15)18/h4-7,20H,2,8H2,1,3H3,(H,21,22)/b13-4-. The molecule has 0 amide bonds. The van der Waals surface area contributed by atoms with E-state index >= 15 is 0 Å². The van der Waals surface area contributed by atoms with Crippen molar-refractivity contribution < 1.29 is 24.2 Å². The second-order valence-electron chi connectivity index (χ2n) is 5.01. The number of phenols is 1. The summed E-state index contributed by atoms with van der Waals surface area (Å²) in [6, 6.07) is 2.54. The summed E-state index contributed by atoms with van der Waals surface area (Å²) in [5.41, 5.74) is 0.706. The predicted molar refractivity (Wildman–Crippen MR) is 91.8 cm³/mol. The van der Waals surface area contributed by atoms with Gasteiger partial charge < -0.3 is 10.2 Å². The Morgan fingerprint density at radius 3 is 2.62 bits per heavy atom. The molecular weight excluding hydrogens is 333 g/mol. The van der Waals surface area contributed by atoms with Crippen LogP contribution in [-0.2, 0) is 11.2 Å². The van der Waals surface area contributed by atoms with E-state index in [1.807, 2.05) is 0 Å². The first-order chi connectivity index (χ1) is 11.3. The zero-order valence-electron chi connectivity index (χ0n) is 13.2. The molecule has 0 atom stereocenters. The SMILES string of the molecule is C=CS/C(=C\C)C(=O)n1c(C)c(CC(=O)O)c2c(F)c(O)ccc21. The van der Waals surface area contributed by atoms with Crippen molar-refractivity contribution in [3.63, 3.8) is 0 Å². The number of hydrogen-bond donors (Lipinski definition) is 2. The molecule has 2 rings (SSSR count). The van der Waals surface area contributed by atoms with Crippen molar-refractivity contribution in [2.45, 2.75) is 20.3 Å². The maximum absolute atomic E-state index is 14.4. The Bertz CT molecular complexity index is 883. The van der Waals surface area contributed by atoms with Crippen LogP contribution in [0.4, 0.5) is 4.39 Å². The number of aromatic hydroxyl groups is 1. The highest BCUT2D eigenvalue weighted by Gasteiger charge is 2.25. The number of aliphatic carboxylic acids is 1. The van der Waals surface area contributed by atoms with E-state index in [0.29, 0.717) is 10.6 Å². The van der Waals surface area contributed by atoms with E-state index in [0.717, 1.165) is 17.8 Å². The average molecular weight is 349 g/mol. The number of rotatable bonds is 5. The number of benzene rings is 1. The number of thioether (sulfide) groups is 1. The maximum atomic E-state index is 14.4. The Kier molecular flexibility index (Phi) is 5.14. The molecule has 1 aromatic heterocycles. The first kappa shape index (κ1) is 17.8. The van der Waals surface area contributed by atoms with Crippen LogP contribution in [-0.4, -0.2) is 26.7 Å². The third-order valence-corrected chi connectivity index (χ3v) is 4.46. The van der Waals surface area contributed by atoms with Gasteiger partial charge >= 0.3 is 5.97 Å². The molecule has 24 heavy (non-hydrogen) atoms. The van der Waals surface area contributed by atoms with Crippen LogP contribution in [0.1, 0.15) is 23.0 Å². The number of phenolic OH excluding ortho intramolecular Hbond substituents is 1. The molecule has 1 heterocycles. The van der Waals surface area contributed by atoms with Gasteiger partial charge in [0.15, 0.2) is 11.6 Å². The number of nitrogens with zero attached hydrogens (tertiary/aromatic N) is 1. The van der Waals surface area contributed by atoms with Crippen molar-refractivity contribution in [2.75, 3.05) is 0 Å². The van der Waals surface area contributed by atoms with Gasteiger partial charge in [-0.25, -0.2) is 4.39 Å². The lowest BCUT2D eigenvalue weighted by Gasteiger charge is -2.09. The minimum absolute atomic E-state index is 0.0534. The second kappa shape index (κ2) is 6.92. The van der Waals surface area contributed by atoms with E-state index in [1.165, 1.54) is 16.0 Å². The van der Waals surface area contributed by atoms with E-state index in [9.17, 15) is 19.1 Å². The van der Waals surface area contributed by atoms with Gasteiger partial charge in [-0.1, -0.05) is 24.4 Å². The van der Waals surface area contributed by atoms with Crippen molar-refractivity contribution in [3.8, 4) is 5.75 Å². The van der Waals surface area contributed by atoms with Gasteiger partial charge in [0.1, 0.15) is 0 Å². The molecule has 2 N–H and O–H groups in total. The molecule has 0 aliphatic rings. The predicted octanol–water partition coefficient (Wildman–Crippen LogP) is 3.84. The summed E-state index contributed by atoms with van der Waals surface area (Å²) in [5.74, 6) is -3.09. The minimum Gasteiger partial charge on any atom is -0.505 e. The number of hydrogen-bond acceptors (Lipinski definition) is 4. The lowest BCUT2D eigenvalue weighted by Crippen LogP contribution is -2.13. The zero-order chi connectivity index (χ0) is 18.0. The molecule has 0 fully saturated rings. The minimum atomic E-state index is -1.15. The third-order valence-electron chi connectivity index (χ3n) is 3.63. The maximum Gasteiger partial charge on any atom is 0.307 e.